The maximum atomic E-state index is 13.9. The van der Waals surface area contributed by atoms with Gasteiger partial charge >= 0.3 is 11.9 Å². The SMILES string of the molecule is CCOC(=O)c1ccc(COc2ccccc2/C=c2/sc3n(c2=O)[C@H](c2ccccc2)C(C(=O)OC)=C(CC)N=3)cc1. The molecule has 0 N–H and O–H groups in total. The molecule has 42 heavy (non-hydrogen) atoms. The van der Waals surface area contributed by atoms with Crippen molar-refractivity contribution in [1.29, 1.82) is 0 Å². The summed E-state index contributed by atoms with van der Waals surface area (Å²) in [4.78, 5) is 44.0. The number of para-hydroxylation sites is 1. The topological polar surface area (TPSA) is 96.2 Å². The summed E-state index contributed by atoms with van der Waals surface area (Å²) in [5.41, 5.74) is 3.58. The van der Waals surface area contributed by atoms with Gasteiger partial charge in [-0.1, -0.05) is 78.9 Å². The number of esters is 2. The van der Waals surface area contributed by atoms with Crippen LogP contribution in [0, 0.1) is 0 Å². The summed E-state index contributed by atoms with van der Waals surface area (Å²) in [6, 6.07) is 23.3. The zero-order valence-electron chi connectivity index (χ0n) is 23.5. The minimum atomic E-state index is -0.656. The van der Waals surface area contributed by atoms with E-state index in [0.29, 0.717) is 44.9 Å². The quantitative estimate of drug-likeness (QED) is 0.269. The first-order valence-corrected chi connectivity index (χ1v) is 14.4. The maximum Gasteiger partial charge on any atom is 0.338 e. The number of nitrogens with zero attached hydrogens (tertiary/aromatic N) is 2. The fourth-order valence-electron chi connectivity index (χ4n) is 4.80. The van der Waals surface area contributed by atoms with Crippen LogP contribution < -0.4 is 19.6 Å². The minimum absolute atomic E-state index is 0.256. The van der Waals surface area contributed by atoms with Crippen LogP contribution in [0.15, 0.2) is 99.9 Å². The predicted molar refractivity (Wildman–Crippen MR) is 160 cm³/mol. The van der Waals surface area contributed by atoms with E-state index in [9.17, 15) is 14.4 Å². The molecule has 0 saturated heterocycles. The zero-order chi connectivity index (χ0) is 29.6. The summed E-state index contributed by atoms with van der Waals surface area (Å²) in [5, 5.41) is 0. The summed E-state index contributed by atoms with van der Waals surface area (Å²) >= 11 is 1.27. The number of methoxy groups -OCH3 is 1. The Kier molecular flexibility index (Phi) is 8.78. The summed E-state index contributed by atoms with van der Waals surface area (Å²) in [6.07, 6.45) is 2.30. The number of carbonyl (C=O) groups excluding carboxylic acids is 2. The molecule has 4 aromatic rings. The lowest BCUT2D eigenvalue weighted by molar-refractivity contribution is -0.136. The minimum Gasteiger partial charge on any atom is -0.488 e. The second kappa shape index (κ2) is 12.8. The molecule has 0 unspecified atom stereocenters. The van der Waals surface area contributed by atoms with Crippen molar-refractivity contribution < 1.29 is 23.8 Å². The fourth-order valence-corrected chi connectivity index (χ4v) is 5.81. The summed E-state index contributed by atoms with van der Waals surface area (Å²) in [7, 11) is 1.33. The van der Waals surface area contributed by atoms with E-state index in [4.69, 9.17) is 19.2 Å². The summed E-state index contributed by atoms with van der Waals surface area (Å²) in [6.45, 7) is 4.28. The lowest BCUT2D eigenvalue weighted by atomic mass is 9.95. The number of ether oxygens (including phenoxy) is 3. The molecule has 214 valence electrons. The predicted octanol–water partition coefficient (Wildman–Crippen LogP) is 4.55. The van der Waals surface area contributed by atoms with Gasteiger partial charge in [-0.25, -0.2) is 14.6 Å². The van der Waals surface area contributed by atoms with Gasteiger partial charge in [0.05, 0.1) is 41.1 Å². The van der Waals surface area contributed by atoms with Gasteiger partial charge in [-0.2, -0.15) is 0 Å². The average molecular weight is 583 g/mol. The van der Waals surface area contributed by atoms with Crippen LogP contribution in [0.3, 0.4) is 0 Å². The van der Waals surface area contributed by atoms with E-state index >= 15 is 0 Å². The van der Waals surface area contributed by atoms with E-state index in [1.165, 1.54) is 18.4 Å². The standard InChI is InChI=1S/C33H30N2O6S/c1-4-25-28(32(38)39-3)29(22-11-7-6-8-12-22)35-30(36)27(42-33(35)34-25)19-24-13-9-10-14-26(24)41-20-21-15-17-23(18-16-21)31(37)40-5-2/h6-19,29H,4-5,20H2,1-3H3/b27-19+/t29-/m1/s1. The monoisotopic (exact) mass is 582 g/mol. The van der Waals surface area contributed by atoms with Crippen LogP contribution in [0.5, 0.6) is 5.75 Å². The Morgan fingerprint density at radius 2 is 1.67 bits per heavy atom. The molecule has 0 aliphatic carbocycles. The number of hydrogen-bond acceptors (Lipinski definition) is 8. The fraction of sp³-hybridized carbons (Fsp3) is 0.212. The van der Waals surface area contributed by atoms with Gasteiger partial charge in [-0.05, 0) is 48.7 Å². The molecule has 0 bridgehead atoms. The van der Waals surface area contributed by atoms with Crippen LogP contribution in [0.25, 0.3) is 6.08 Å². The molecule has 8 nitrogen and oxygen atoms in total. The first-order chi connectivity index (χ1) is 20.4. The van der Waals surface area contributed by atoms with E-state index in [-0.39, 0.29) is 18.1 Å². The molecule has 0 radical (unpaired) electrons. The van der Waals surface area contributed by atoms with E-state index in [1.807, 2.05) is 73.7 Å². The smallest absolute Gasteiger partial charge is 0.338 e. The highest BCUT2D eigenvalue weighted by molar-refractivity contribution is 7.07. The van der Waals surface area contributed by atoms with Crippen LogP contribution in [-0.2, 0) is 20.9 Å². The number of rotatable bonds is 9. The average Bonchev–Trinajstić information content (AvgIpc) is 3.34. The van der Waals surface area contributed by atoms with Gasteiger partial charge in [0.1, 0.15) is 12.4 Å². The molecular weight excluding hydrogens is 552 g/mol. The lowest BCUT2D eigenvalue weighted by Crippen LogP contribution is -2.40. The van der Waals surface area contributed by atoms with Crippen LogP contribution in [0.4, 0.5) is 0 Å². The van der Waals surface area contributed by atoms with Gasteiger partial charge in [0.15, 0.2) is 4.80 Å². The maximum absolute atomic E-state index is 13.9. The Morgan fingerprint density at radius 3 is 2.36 bits per heavy atom. The van der Waals surface area contributed by atoms with Crippen LogP contribution in [0.2, 0.25) is 0 Å². The van der Waals surface area contributed by atoms with Crippen molar-refractivity contribution in [2.45, 2.75) is 32.9 Å². The summed E-state index contributed by atoms with van der Waals surface area (Å²) in [5.74, 6) is -0.272. The van der Waals surface area contributed by atoms with Crippen molar-refractivity contribution in [1.82, 2.24) is 4.57 Å². The van der Waals surface area contributed by atoms with Gasteiger partial charge in [0, 0.05) is 5.56 Å². The molecule has 0 amide bonds. The first-order valence-electron chi connectivity index (χ1n) is 13.6. The van der Waals surface area contributed by atoms with Gasteiger partial charge < -0.3 is 14.2 Å². The number of thiazole rings is 1. The number of benzene rings is 3. The van der Waals surface area contributed by atoms with Crippen molar-refractivity contribution in [3.05, 3.63) is 132 Å². The molecule has 2 heterocycles. The van der Waals surface area contributed by atoms with Gasteiger partial charge in [0.25, 0.3) is 5.56 Å². The van der Waals surface area contributed by atoms with E-state index in [0.717, 1.165) is 16.7 Å². The second-order valence-electron chi connectivity index (χ2n) is 9.44. The molecule has 5 rings (SSSR count). The molecule has 1 aromatic heterocycles. The van der Waals surface area contributed by atoms with Crippen molar-refractivity contribution in [3.63, 3.8) is 0 Å². The highest BCUT2D eigenvalue weighted by Gasteiger charge is 2.33. The summed E-state index contributed by atoms with van der Waals surface area (Å²) < 4.78 is 18.3. The van der Waals surface area contributed by atoms with Crippen molar-refractivity contribution in [2.75, 3.05) is 13.7 Å². The van der Waals surface area contributed by atoms with Crippen molar-refractivity contribution in [2.24, 2.45) is 4.99 Å². The largest absolute Gasteiger partial charge is 0.488 e. The highest BCUT2D eigenvalue weighted by atomic mass is 32.1. The van der Waals surface area contributed by atoms with E-state index in [2.05, 4.69) is 0 Å². The Balaban J connectivity index is 1.51. The molecule has 0 saturated carbocycles. The van der Waals surface area contributed by atoms with Crippen LogP contribution in [-0.4, -0.2) is 30.2 Å². The first kappa shape index (κ1) is 28.8. The number of carbonyl (C=O) groups is 2. The number of fused-ring (bicyclic) bond motifs is 1. The molecule has 9 heteroatoms. The normalized spacial score (nSPS) is 14.6. The number of allylic oxidation sites excluding steroid dienone is 1. The molecule has 3 aromatic carbocycles. The Morgan fingerprint density at radius 1 is 0.952 bits per heavy atom. The van der Waals surface area contributed by atoms with E-state index < -0.39 is 12.0 Å². The second-order valence-corrected chi connectivity index (χ2v) is 10.5. The zero-order valence-corrected chi connectivity index (χ0v) is 24.4. The van der Waals surface area contributed by atoms with Crippen molar-refractivity contribution in [3.8, 4) is 5.75 Å². The molecule has 0 fully saturated rings. The van der Waals surface area contributed by atoms with Crippen LogP contribution >= 0.6 is 11.3 Å². The van der Waals surface area contributed by atoms with Gasteiger partial charge in [-0.15, -0.1) is 0 Å². The molecule has 1 aliphatic heterocycles. The lowest BCUT2D eigenvalue weighted by Gasteiger charge is -2.25. The third kappa shape index (κ3) is 5.82. The third-order valence-corrected chi connectivity index (χ3v) is 7.81. The number of aromatic nitrogens is 1. The highest BCUT2D eigenvalue weighted by Crippen LogP contribution is 2.31. The van der Waals surface area contributed by atoms with Crippen LogP contribution in [0.1, 0.15) is 53.4 Å². The Bertz CT molecular complexity index is 1820. The Labute approximate surface area is 246 Å². The van der Waals surface area contributed by atoms with Gasteiger partial charge in [0.2, 0.25) is 0 Å². The van der Waals surface area contributed by atoms with E-state index in [1.54, 1.807) is 29.7 Å². The molecule has 0 spiro atoms. The Hall–Kier alpha value is -4.76. The molecule has 1 aliphatic rings. The molecule has 1 atom stereocenters. The van der Waals surface area contributed by atoms with Crippen molar-refractivity contribution >= 4 is 29.4 Å². The van der Waals surface area contributed by atoms with Gasteiger partial charge in [-0.3, -0.25) is 9.36 Å². The molecular formula is C33H30N2O6S. The third-order valence-electron chi connectivity index (χ3n) is 6.83. The number of hydrogen-bond donors (Lipinski definition) is 0.